The number of carbonyl (C=O) groups excluding carboxylic acids is 1. The van der Waals surface area contributed by atoms with Crippen LogP contribution in [0.4, 0.5) is 0 Å². The van der Waals surface area contributed by atoms with E-state index < -0.39 is 0 Å². The lowest BCUT2D eigenvalue weighted by Gasteiger charge is -2.46. The summed E-state index contributed by atoms with van der Waals surface area (Å²) in [4.78, 5) is 11.4. The Hall–Kier alpha value is -0.0500. The van der Waals surface area contributed by atoms with Gasteiger partial charge >= 0.3 is 5.97 Å². The molecule has 0 saturated heterocycles. The summed E-state index contributed by atoms with van der Waals surface area (Å²) in [5, 5.41) is 1.16. The quantitative estimate of drug-likeness (QED) is 0.528. The number of hydrogen-bond donors (Lipinski definition) is 0. The third-order valence-corrected chi connectivity index (χ3v) is 7.09. The average Bonchev–Trinajstić information content (AvgIpc) is 2.81. The van der Waals surface area contributed by atoms with Gasteiger partial charge in [-0.2, -0.15) is 0 Å². The molecule has 2 rings (SSSR count). The van der Waals surface area contributed by atoms with Crippen molar-refractivity contribution in [2.24, 2.45) is 29.1 Å². The van der Waals surface area contributed by atoms with E-state index in [0.717, 1.165) is 29.5 Å². The Morgan fingerprint density at radius 1 is 1.40 bits per heavy atom. The molecular weight excluding hydrogens is 316 g/mol. The number of alkyl halides is 1. The maximum atomic E-state index is 11.4. The van der Waals surface area contributed by atoms with Crippen molar-refractivity contribution < 1.29 is 9.53 Å². The van der Waals surface area contributed by atoms with Crippen LogP contribution < -0.4 is 0 Å². The molecule has 0 aliphatic heterocycles. The first-order valence-electron chi connectivity index (χ1n) is 8.15. The van der Waals surface area contributed by atoms with Crippen LogP contribution in [-0.4, -0.2) is 18.4 Å². The van der Waals surface area contributed by atoms with Crippen molar-refractivity contribution in [1.29, 1.82) is 0 Å². The summed E-state index contributed by atoms with van der Waals surface area (Å²) in [6.45, 7) is 4.87. The number of halogens is 1. The number of hydrogen-bond acceptors (Lipinski definition) is 2. The molecule has 5 atom stereocenters. The number of esters is 1. The molecule has 0 amide bonds. The van der Waals surface area contributed by atoms with Gasteiger partial charge in [-0.05, 0) is 61.2 Å². The second kappa shape index (κ2) is 6.81. The van der Waals surface area contributed by atoms with E-state index in [1.165, 1.54) is 39.2 Å². The second-order valence-corrected chi connectivity index (χ2v) is 7.84. The van der Waals surface area contributed by atoms with Gasteiger partial charge in [-0.1, -0.05) is 36.2 Å². The molecule has 2 saturated carbocycles. The summed E-state index contributed by atoms with van der Waals surface area (Å²) in [6, 6.07) is 0. The topological polar surface area (TPSA) is 26.3 Å². The van der Waals surface area contributed by atoms with Crippen molar-refractivity contribution in [3.63, 3.8) is 0 Å². The van der Waals surface area contributed by atoms with Crippen molar-refractivity contribution in [3.05, 3.63) is 0 Å². The van der Waals surface area contributed by atoms with E-state index >= 15 is 0 Å². The van der Waals surface area contributed by atoms with Crippen LogP contribution in [0.3, 0.4) is 0 Å². The average molecular weight is 345 g/mol. The first kappa shape index (κ1) is 16.3. The number of ether oxygens (including phenoxy) is 1. The highest BCUT2D eigenvalue weighted by atomic mass is 79.9. The number of rotatable bonds is 5. The molecule has 116 valence electrons. The molecule has 20 heavy (non-hydrogen) atoms. The van der Waals surface area contributed by atoms with Gasteiger partial charge in [-0.15, -0.1) is 0 Å². The summed E-state index contributed by atoms with van der Waals surface area (Å²) < 4.78 is 4.78. The SMILES string of the molecule is COC(=O)CCC(C)[C@H]1CCC2C(CBr)CCC[C@@]21C. The van der Waals surface area contributed by atoms with Crippen LogP contribution in [0.25, 0.3) is 0 Å². The highest BCUT2D eigenvalue weighted by molar-refractivity contribution is 9.09. The minimum absolute atomic E-state index is 0.0569. The van der Waals surface area contributed by atoms with E-state index in [1.54, 1.807) is 0 Å². The Morgan fingerprint density at radius 3 is 2.80 bits per heavy atom. The highest BCUT2D eigenvalue weighted by Gasteiger charge is 2.51. The van der Waals surface area contributed by atoms with Gasteiger partial charge in [0.25, 0.3) is 0 Å². The van der Waals surface area contributed by atoms with Crippen LogP contribution >= 0.6 is 15.9 Å². The van der Waals surface area contributed by atoms with Gasteiger partial charge in [0.2, 0.25) is 0 Å². The smallest absolute Gasteiger partial charge is 0.305 e. The first-order valence-corrected chi connectivity index (χ1v) is 9.27. The number of carbonyl (C=O) groups is 1. The molecule has 0 aromatic heterocycles. The Kier molecular flexibility index (Phi) is 5.56. The molecule has 0 bridgehead atoms. The molecule has 0 heterocycles. The normalized spacial score (nSPS) is 38.3. The fraction of sp³-hybridized carbons (Fsp3) is 0.941. The predicted octanol–water partition coefficient (Wildman–Crippen LogP) is 4.80. The number of methoxy groups -OCH3 is 1. The zero-order valence-electron chi connectivity index (χ0n) is 13.2. The third-order valence-electron chi connectivity index (χ3n) is 6.26. The molecule has 0 N–H and O–H groups in total. The summed E-state index contributed by atoms with van der Waals surface area (Å²) in [5.41, 5.74) is 0.506. The number of fused-ring (bicyclic) bond motifs is 1. The van der Waals surface area contributed by atoms with E-state index in [9.17, 15) is 4.79 Å². The molecule has 0 spiro atoms. The van der Waals surface area contributed by atoms with Crippen molar-refractivity contribution in [2.75, 3.05) is 12.4 Å². The molecule has 2 aliphatic rings. The van der Waals surface area contributed by atoms with Gasteiger partial charge in [-0.25, -0.2) is 0 Å². The van der Waals surface area contributed by atoms with Gasteiger partial charge < -0.3 is 4.74 Å². The minimum Gasteiger partial charge on any atom is -0.469 e. The van der Waals surface area contributed by atoms with Crippen LogP contribution in [0.5, 0.6) is 0 Å². The van der Waals surface area contributed by atoms with Crippen molar-refractivity contribution in [1.82, 2.24) is 0 Å². The van der Waals surface area contributed by atoms with Crippen LogP contribution in [0.2, 0.25) is 0 Å². The zero-order valence-corrected chi connectivity index (χ0v) is 14.7. The minimum atomic E-state index is -0.0569. The largest absolute Gasteiger partial charge is 0.469 e. The van der Waals surface area contributed by atoms with Gasteiger partial charge in [0.15, 0.2) is 0 Å². The standard InChI is InChI=1S/C17H29BrO2/c1-12(6-9-16(19)20-3)14-7-8-15-13(11-18)5-4-10-17(14,15)2/h12-15H,4-11H2,1-3H3/t12?,13?,14-,15?,17-/m1/s1. The summed E-state index contributed by atoms with van der Waals surface area (Å²) >= 11 is 3.73. The van der Waals surface area contributed by atoms with E-state index in [1.807, 2.05) is 0 Å². The fourth-order valence-corrected chi connectivity index (χ4v) is 5.93. The third kappa shape index (κ3) is 3.08. The van der Waals surface area contributed by atoms with E-state index in [2.05, 4.69) is 29.8 Å². The van der Waals surface area contributed by atoms with E-state index in [-0.39, 0.29) is 5.97 Å². The summed E-state index contributed by atoms with van der Waals surface area (Å²) in [7, 11) is 1.49. The predicted molar refractivity (Wildman–Crippen MR) is 85.9 cm³/mol. The Morgan fingerprint density at radius 2 is 2.15 bits per heavy atom. The van der Waals surface area contributed by atoms with Crippen LogP contribution in [0.1, 0.15) is 58.8 Å². The summed E-state index contributed by atoms with van der Waals surface area (Å²) in [6.07, 6.45) is 8.47. The van der Waals surface area contributed by atoms with Crippen LogP contribution in [0.15, 0.2) is 0 Å². The Balaban J connectivity index is 2.00. The summed E-state index contributed by atoms with van der Waals surface area (Å²) in [5.74, 6) is 3.13. The molecule has 0 aromatic rings. The first-order chi connectivity index (χ1) is 9.52. The van der Waals surface area contributed by atoms with E-state index in [4.69, 9.17) is 4.74 Å². The molecule has 3 heteroatoms. The van der Waals surface area contributed by atoms with E-state index in [0.29, 0.717) is 17.8 Å². The Labute approximate surface area is 132 Å². The van der Waals surface area contributed by atoms with Gasteiger partial charge in [0, 0.05) is 11.8 Å². The maximum Gasteiger partial charge on any atom is 0.305 e. The monoisotopic (exact) mass is 344 g/mol. The molecule has 0 aromatic carbocycles. The van der Waals surface area contributed by atoms with Gasteiger partial charge in [0.05, 0.1) is 7.11 Å². The highest BCUT2D eigenvalue weighted by Crippen LogP contribution is 2.60. The van der Waals surface area contributed by atoms with Gasteiger partial charge in [0.1, 0.15) is 0 Å². The zero-order chi connectivity index (χ0) is 14.8. The van der Waals surface area contributed by atoms with Crippen molar-refractivity contribution in [2.45, 2.75) is 58.8 Å². The van der Waals surface area contributed by atoms with Gasteiger partial charge in [-0.3, -0.25) is 4.79 Å². The lowest BCUT2D eigenvalue weighted by atomic mass is 9.59. The molecule has 0 radical (unpaired) electrons. The van der Waals surface area contributed by atoms with Crippen LogP contribution in [-0.2, 0) is 9.53 Å². The molecule has 3 unspecified atom stereocenters. The van der Waals surface area contributed by atoms with Crippen molar-refractivity contribution in [3.8, 4) is 0 Å². The molecule has 2 nitrogen and oxygen atoms in total. The van der Waals surface area contributed by atoms with Crippen LogP contribution in [0, 0.1) is 29.1 Å². The lowest BCUT2D eigenvalue weighted by molar-refractivity contribution is -0.141. The van der Waals surface area contributed by atoms with Crippen molar-refractivity contribution >= 4 is 21.9 Å². The molecular formula is C17H29BrO2. The lowest BCUT2D eigenvalue weighted by Crippen LogP contribution is -2.39. The molecule has 2 fully saturated rings. The molecule has 2 aliphatic carbocycles. The maximum absolute atomic E-state index is 11.4. The fourth-order valence-electron chi connectivity index (χ4n) is 5.15. The Bertz CT molecular complexity index is 344. The second-order valence-electron chi connectivity index (χ2n) is 7.19.